The van der Waals surface area contributed by atoms with E-state index in [0.717, 1.165) is 6.21 Å². The highest BCUT2D eigenvalue weighted by atomic mass is 16.1. The zero-order valence-electron chi connectivity index (χ0n) is 5.33. The van der Waals surface area contributed by atoms with E-state index >= 15 is 0 Å². The van der Waals surface area contributed by atoms with Crippen LogP contribution in [0.3, 0.4) is 0 Å². The van der Waals surface area contributed by atoms with Crippen molar-refractivity contribution in [3.63, 3.8) is 0 Å². The predicted octanol–water partition coefficient (Wildman–Crippen LogP) is -0.155. The van der Waals surface area contributed by atoms with E-state index in [4.69, 9.17) is 5.53 Å². The molecule has 0 radical (unpaired) electrons. The van der Waals surface area contributed by atoms with Crippen molar-refractivity contribution in [3.8, 4) is 0 Å². The fourth-order valence-electron chi connectivity index (χ4n) is 0.860. The molecule has 0 heterocycles. The van der Waals surface area contributed by atoms with Crippen LogP contribution in [0.2, 0.25) is 0 Å². The van der Waals surface area contributed by atoms with E-state index in [0.29, 0.717) is 12.8 Å². The van der Waals surface area contributed by atoms with Crippen LogP contribution in [0, 0.1) is 11.4 Å². The quantitative estimate of drug-likeness (QED) is 0.328. The summed E-state index contributed by atoms with van der Waals surface area (Å²) in [5.74, 6) is -0.257. The monoisotopic (exact) mass is 139 g/mol. The molecule has 4 nitrogen and oxygen atoms in total. The third kappa shape index (κ3) is 1.17. The fourth-order valence-corrected chi connectivity index (χ4v) is 0.860. The molecule has 1 saturated carbocycles. The summed E-state index contributed by atoms with van der Waals surface area (Å²) in [4.78, 5) is 24.0. The van der Waals surface area contributed by atoms with Gasteiger partial charge in [0.05, 0.1) is 10.3 Å². The summed E-state index contributed by atoms with van der Waals surface area (Å²) in [5, 5.41) is 0. The highest BCUT2D eigenvalue weighted by molar-refractivity contribution is 6.28. The van der Waals surface area contributed by atoms with Crippen molar-refractivity contribution in [2.45, 2.75) is 12.8 Å². The Labute approximate surface area is 57.5 Å². The normalized spacial score (nSPS) is 17.4. The van der Waals surface area contributed by atoms with Crippen LogP contribution < -0.4 is 0 Å². The Kier molecular flexibility index (Phi) is 1.73. The number of hydrogen-bond acceptors (Lipinski definition) is 3. The van der Waals surface area contributed by atoms with Gasteiger partial charge in [-0.2, -0.15) is 0 Å². The molecule has 1 fully saturated rings. The standard InChI is InChI=1S/C6H7N2O2/c7-8-3-6(10)4-1-5(9)2-4/h3-4,7H,1-2H2/q+1. The molecule has 0 bridgehead atoms. The Morgan fingerprint density at radius 2 is 2.30 bits per heavy atom. The van der Waals surface area contributed by atoms with Gasteiger partial charge in [0.2, 0.25) is 5.78 Å². The van der Waals surface area contributed by atoms with E-state index in [1.807, 2.05) is 0 Å². The fraction of sp³-hybridized carbons (Fsp3) is 0.500. The lowest BCUT2D eigenvalue weighted by Gasteiger charge is -2.18. The van der Waals surface area contributed by atoms with Gasteiger partial charge in [-0.3, -0.25) is 9.59 Å². The molecule has 52 valence electrons. The summed E-state index contributed by atoms with van der Waals surface area (Å²) >= 11 is 0. The average Bonchev–Trinajstić information content (AvgIpc) is 1.82. The minimum Gasteiger partial charge on any atom is -0.300 e. The van der Waals surface area contributed by atoms with E-state index in [-0.39, 0.29) is 17.5 Å². The van der Waals surface area contributed by atoms with Crippen molar-refractivity contribution in [2.24, 2.45) is 5.92 Å². The molecule has 0 aliphatic heterocycles. The number of carbonyl (C=O) groups excluding carboxylic acids is 2. The molecule has 10 heavy (non-hydrogen) atoms. The van der Waals surface area contributed by atoms with Crippen LogP contribution in [0.15, 0.2) is 0 Å². The summed E-state index contributed by atoms with van der Waals surface area (Å²) in [5.41, 5.74) is 6.34. The summed E-state index contributed by atoms with van der Waals surface area (Å²) in [6, 6.07) is 0. The van der Waals surface area contributed by atoms with Crippen molar-refractivity contribution >= 4 is 17.8 Å². The highest BCUT2D eigenvalue weighted by Crippen LogP contribution is 2.22. The largest absolute Gasteiger partial charge is 0.372 e. The zero-order chi connectivity index (χ0) is 7.56. The molecule has 1 N–H and O–H groups in total. The average molecular weight is 139 g/mol. The van der Waals surface area contributed by atoms with Crippen molar-refractivity contribution in [3.05, 3.63) is 0 Å². The van der Waals surface area contributed by atoms with E-state index in [2.05, 4.69) is 4.79 Å². The van der Waals surface area contributed by atoms with E-state index in [1.54, 1.807) is 0 Å². The van der Waals surface area contributed by atoms with Gasteiger partial charge < -0.3 is 0 Å². The zero-order valence-corrected chi connectivity index (χ0v) is 5.33. The maximum absolute atomic E-state index is 10.7. The Morgan fingerprint density at radius 1 is 1.70 bits per heavy atom. The highest BCUT2D eigenvalue weighted by Gasteiger charge is 2.33. The minimum absolute atomic E-state index is 0.122. The smallest absolute Gasteiger partial charge is 0.300 e. The summed E-state index contributed by atoms with van der Waals surface area (Å²) < 4.78 is 0. The summed E-state index contributed by atoms with van der Waals surface area (Å²) in [7, 11) is 0. The van der Waals surface area contributed by atoms with Gasteiger partial charge in [0.25, 0.3) is 0 Å². The van der Waals surface area contributed by atoms with Crippen molar-refractivity contribution in [1.29, 1.82) is 5.53 Å². The molecular formula is C6H7N2O2+. The molecule has 0 atom stereocenters. The molecular weight excluding hydrogens is 132 g/mol. The second kappa shape index (κ2) is 2.54. The number of nitrogens with one attached hydrogen (secondary N) is 1. The lowest BCUT2D eigenvalue weighted by molar-refractivity contribution is -0.140. The number of carbonyl (C=O) groups is 2. The molecule has 0 aromatic heterocycles. The predicted molar refractivity (Wildman–Crippen MR) is 31.8 cm³/mol. The summed E-state index contributed by atoms with van der Waals surface area (Å²) in [6.07, 6.45) is 1.63. The second-order valence-electron chi connectivity index (χ2n) is 2.30. The Balaban J connectivity index is 2.45. The van der Waals surface area contributed by atoms with Crippen LogP contribution >= 0.6 is 0 Å². The Bertz CT molecular complexity index is 220. The molecule has 0 saturated heterocycles. The Hall–Kier alpha value is -1.28. The first-order valence-electron chi connectivity index (χ1n) is 2.99. The minimum atomic E-state index is -0.199. The lowest BCUT2D eigenvalue weighted by atomic mass is 9.81. The topological polar surface area (TPSA) is 72.1 Å². The molecule has 0 unspecified atom stereocenters. The molecule has 0 aromatic carbocycles. The third-order valence-electron chi connectivity index (χ3n) is 1.54. The molecule has 0 spiro atoms. The first-order valence-corrected chi connectivity index (χ1v) is 2.99. The SMILES string of the molecule is N=[N+]=CC(=O)C1CC(=O)C1. The van der Waals surface area contributed by atoms with Crippen molar-refractivity contribution < 1.29 is 14.4 Å². The number of ketones is 2. The van der Waals surface area contributed by atoms with Gasteiger partial charge in [0.1, 0.15) is 5.78 Å². The van der Waals surface area contributed by atoms with E-state index in [1.165, 1.54) is 0 Å². The molecule has 1 rings (SSSR count). The van der Waals surface area contributed by atoms with Crippen LogP contribution in [0.4, 0.5) is 0 Å². The van der Waals surface area contributed by atoms with Crippen LogP contribution in [-0.4, -0.2) is 22.6 Å². The van der Waals surface area contributed by atoms with Crippen LogP contribution in [-0.2, 0) is 9.59 Å². The Morgan fingerprint density at radius 3 is 2.70 bits per heavy atom. The van der Waals surface area contributed by atoms with Gasteiger partial charge in [-0.25, -0.2) is 0 Å². The maximum Gasteiger partial charge on any atom is 0.372 e. The van der Waals surface area contributed by atoms with Crippen molar-refractivity contribution in [2.75, 3.05) is 0 Å². The summed E-state index contributed by atoms with van der Waals surface area (Å²) in [6.45, 7) is 0. The number of rotatable bonds is 2. The number of hydrogen-bond donors (Lipinski definition) is 1. The molecule has 1 aliphatic carbocycles. The van der Waals surface area contributed by atoms with Gasteiger partial charge in [-0.15, -0.1) is 0 Å². The van der Waals surface area contributed by atoms with E-state index < -0.39 is 0 Å². The second-order valence-corrected chi connectivity index (χ2v) is 2.30. The molecule has 4 heteroatoms. The third-order valence-corrected chi connectivity index (χ3v) is 1.54. The molecule has 0 amide bonds. The van der Waals surface area contributed by atoms with Crippen LogP contribution in [0.5, 0.6) is 0 Å². The first-order chi connectivity index (χ1) is 4.74. The molecule has 1 aliphatic rings. The van der Waals surface area contributed by atoms with Gasteiger partial charge in [-0.1, -0.05) is 0 Å². The molecule has 0 aromatic rings. The van der Waals surface area contributed by atoms with Gasteiger partial charge in [0.15, 0.2) is 0 Å². The van der Waals surface area contributed by atoms with Crippen molar-refractivity contribution in [1.82, 2.24) is 0 Å². The number of nitrogens with zero attached hydrogens (tertiary/aromatic N) is 1. The maximum atomic E-state index is 10.7. The van der Waals surface area contributed by atoms with E-state index in [9.17, 15) is 9.59 Å². The van der Waals surface area contributed by atoms with Gasteiger partial charge in [-0.05, 0) is 0 Å². The van der Waals surface area contributed by atoms with Gasteiger partial charge >= 0.3 is 6.21 Å². The lowest BCUT2D eigenvalue weighted by Crippen LogP contribution is -2.31. The van der Waals surface area contributed by atoms with Gasteiger partial charge in [0, 0.05) is 18.8 Å². The van der Waals surface area contributed by atoms with Crippen LogP contribution in [0.1, 0.15) is 12.8 Å². The first kappa shape index (κ1) is 6.83. The number of Topliss-reactive ketones (excluding diaryl/α,β-unsaturated/α-hetero) is 2. The van der Waals surface area contributed by atoms with Crippen LogP contribution in [0.25, 0.3) is 0 Å².